The van der Waals surface area contributed by atoms with Crippen LogP contribution in [0.2, 0.25) is 0 Å². The molecule has 6 nitrogen and oxygen atoms in total. The van der Waals surface area contributed by atoms with Crippen molar-refractivity contribution in [1.29, 1.82) is 0 Å². The summed E-state index contributed by atoms with van der Waals surface area (Å²) in [4.78, 5) is 34.5. The third kappa shape index (κ3) is 4.35. The van der Waals surface area contributed by atoms with Gasteiger partial charge in [0.15, 0.2) is 0 Å². The van der Waals surface area contributed by atoms with Crippen LogP contribution in [0.1, 0.15) is 33.6 Å². The summed E-state index contributed by atoms with van der Waals surface area (Å²) in [5.41, 5.74) is -1.07. The van der Waals surface area contributed by atoms with Crippen molar-refractivity contribution in [3.05, 3.63) is 0 Å². The van der Waals surface area contributed by atoms with Gasteiger partial charge in [-0.3, -0.25) is 9.59 Å². The summed E-state index contributed by atoms with van der Waals surface area (Å²) in [6.45, 7) is 4.94. The molecule has 1 amide bonds. The first-order chi connectivity index (χ1) is 8.30. The minimum absolute atomic E-state index is 0.0285. The molecule has 2 atom stereocenters. The van der Waals surface area contributed by atoms with Crippen molar-refractivity contribution in [3.8, 4) is 0 Å². The van der Waals surface area contributed by atoms with Gasteiger partial charge >= 0.3 is 11.9 Å². The first-order valence-electron chi connectivity index (χ1n) is 5.78. The van der Waals surface area contributed by atoms with Gasteiger partial charge < -0.3 is 14.8 Å². The van der Waals surface area contributed by atoms with Crippen molar-refractivity contribution in [2.45, 2.75) is 39.2 Å². The summed E-state index contributed by atoms with van der Waals surface area (Å²) in [6.07, 6.45) is 0.372. The molecule has 0 bridgehead atoms. The molecule has 0 aliphatic carbocycles. The van der Waals surface area contributed by atoms with Crippen molar-refractivity contribution in [3.63, 3.8) is 0 Å². The molecule has 0 saturated heterocycles. The highest BCUT2D eigenvalue weighted by atomic mass is 16.5. The Labute approximate surface area is 107 Å². The van der Waals surface area contributed by atoms with Gasteiger partial charge in [-0.05, 0) is 13.3 Å². The highest BCUT2D eigenvalue weighted by Crippen LogP contribution is 2.13. The first kappa shape index (κ1) is 16.4. The molecule has 0 fully saturated rings. The highest BCUT2D eigenvalue weighted by Gasteiger charge is 2.34. The summed E-state index contributed by atoms with van der Waals surface area (Å²) in [5.74, 6) is -1.90. The minimum Gasteiger partial charge on any atom is -0.469 e. The largest absolute Gasteiger partial charge is 0.469 e. The average molecular weight is 259 g/mol. The van der Waals surface area contributed by atoms with Crippen LogP contribution in [0, 0.1) is 5.92 Å². The summed E-state index contributed by atoms with van der Waals surface area (Å²) in [7, 11) is 2.53. The number of carbonyl (C=O) groups excluding carboxylic acids is 3. The van der Waals surface area contributed by atoms with Gasteiger partial charge in [0.1, 0.15) is 5.54 Å². The Hall–Kier alpha value is -1.59. The molecule has 18 heavy (non-hydrogen) atoms. The molecule has 0 aromatic heterocycles. The predicted octanol–water partition coefficient (Wildman–Crippen LogP) is 0.643. The van der Waals surface area contributed by atoms with E-state index in [0.29, 0.717) is 6.42 Å². The van der Waals surface area contributed by atoms with E-state index in [0.717, 1.165) is 0 Å². The molecule has 0 aliphatic rings. The lowest BCUT2D eigenvalue weighted by molar-refractivity contribution is -0.151. The molecule has 0 radical (unpaired) electrons. The third-order valence-electron chi connectivity index (χ3n) is 2.85. The fourth-order valence-corrected chi connectivity index (χ4v) is 1.43. The number of hydrogen-bond donors (Lipinski definition) is 1. The molecular weight excluding hydrogens is 238 g/mol. The monoisotopic (exact) mass is 259 g/mol. The molecule has 0 aromatic carbocycles. The Morgan fingerprint density at radius 1 is 1.22 bits per heavy atom. The predicted molar refractivity (Wildman–Crippen MR) is 64.7 cm³/mol. The second-order valence-electron chi connectivity index (χ2n) is 4.35. The van der Waals surface area contributed by atoms with Gasteiger partial charge in [-0.2, -0.15) is 0 Å². The molecule has 0 aromatic rings. The number of methoxy groups -OCH3 is 2. The maximum atomic E-state index is 11.7. The van der Waals surface area contributed by atoms with Crippen LogP contribution in [0.4, 0.5) is 0 Å². The molecule has 6 heteroatoms. The highest BCUT2D eigenvalue weighted by molar-refractivity contribution is 5.89. The van der Waals surface area contributed by atoms with E-state index < -0.39 is 23.4 Å². The summed E-state index contributed by atoms with van der Waals surface area (Å²) in [5, 5.41) is 2.58. The van der Waals surface area contributed by atoms with Crippen molar-refractivity contribution in [2.24, 2.45) is 5.92 Å². The van der Waals surface area contributed by atoms with Crippen LogP contribution in [0.25, 0.3) is 0 Å². The van der Waals surface area contributed by atoms with Crippen molar-refractivity contribution in [1.82, 2.24) is 5.32 Å². The van der Waals surface area contributed by atoms with Crippen molar-refractivity contribution in [2.75, 3.05) is 14.2 Å². The smallest absolute Gasteiger partial charge is 0.331 e. The standard InChI is InChI=1S/C12H21NO5/c1-6-12(3,11(16)18-5)13-9(14)7-8(2)10(15)17-4/h8H,6-7H2,1-5H3,(H,13,14)/t8-,12-/m1/s1. The van der Waals surface area contributed by atoms with Crippen LogP contribution >= 0.6 is 0 Å². The van der Waals surface area contributed by atoms with Crippen LogP contribution in [-0.4, -0.2) is 37.6 Å². The molecule has 0 unspecified atom stereocenters. The second-order valence-corrected chi connectivity index (χ2v) is 4.35. The number of nitrogens with one attached hydrogen (secondary N) is 1. The van der Waals surface area contributed by atoms with Gasteiger partial charge in [-0.15, -0.1) is 0 Å². The number of ether oxygens (including phenoxy) is 2. The van der Waals surface area contributed by atoms with Gasteiger partial charge in [-0.1, -0.05) is 13.8 Å². The van der Waals surface area contributed by atoms with Gasteiger partial charge in [0.25, 0.3) is 0 Å². The number of amides is 1. The van der Waals surface area contributed by atoms with E-state index in [2.05, 4.69) is 14.8 Å². The SMILES string of the molecule is CC[C@@](C)(NC(=O)C[C@@H](C)C(=O)OC)C(=O)OC. The number of hydrogen-bond acceptors (Lipinski definition) is 5. The third-order valence-corrected chi connectivity index (χ3v) is 2.85. The number of carbonyl (C=O) groups is 3. The Morgan fingerprint density at radius 2 is 1.78 bits per heavy atom. The topological polar surface area (TPSA) is 81.7 Å². The fraction of sp³-hybridized carbons (Fsp3) is 0.750. The van der Waals surface area contributed by atoms with Crippen molar-refractivity contribution < 1.29 is 23.9 Å². The maximum absolute atomic E-state index is 11.7. The Morgan fingerprint density at radius 3 is 2.17 bits per heavy atom. The lowest BCUT2D eigenvalue weighted by Crippen LogP contribution is -2.52. The zero-order valence-electron chi connectivity index (χ0n) is 11.5. The molecule has 0 saturated carbocycles. The molecule has 1 N–H and O–H groups in total. The van der Waals surface area contributed by atoms with E-state index in [1.165, 1.54) is 14.2 Å². The number of rotatable bonds is 6. The van der Waals surface area contributed by atoms with Crippen LogP contribution in [0.3, 0.4) is 0 Å². The van der Waals surface area contributed by atoms with Crippen LogP contribution in [-0.2, 0) is 23.9 Å². The second kappa shape index (κ2) is 6.98. The van der Waals surface area contributed by atoms with Crippen LogP contribution < -0.4 is 5.32 Å². The van der Waals surface area contributed by atoms with Gasteiger partial charge in [0, 0.05) is 6.42 Å². The van der Waals surface area contributed by atoms with Crippen molar-refractivity contribution >= 4 is 17.8 Å². The Bertz CT molecular complexity index is 328. The van der Waals surface area contributed by atoms with Gasteiger partial charge in [-0.25, -0.2) is 4.79 Å². The molecule has 104 valence electrons. The van der Waals surface area contributed by atoms with E-state index in [-0.39, 0.29) is 12.3 Å². The van der Waals surface area contributed by atoms with Crippen LogP contribution in [0.15, 0.2) is 0 Å². The van der Waals surface area contributed by atoms with Gasteiger partial charge in [0.05, 0.1) is 20.1 Å². The quantitative estimate of drug-likeness (QED) is 0.708. The normalized spacial score (nSPS) is 15.2. The van der Waals surface area contributed by atoms with Gasteiger partial charge in [0.2, 0.25) is 5.91 Å². The molecule has 0 aliphatic heterocycles. The molecule has 0 spiro atoms. The summed E-state index contributed by atoms with van der Waals surface area (Å²) < 4.78 is 9.16. The zero-order valence-corrected chi connectivity index (χ0v) is 11.5. The van der Waals surface area contributed by atoms with E-state index in [9.17, 15) is 14.4 Å². The Balaban J connectivity index is 4.54. The molecular formula is C12H21NO5. The van der Waals surface area contributed by atoms with E-state index in [1.807, 2.05) is 0 Å². The van der Waals surface area contributed by atoms with E-state index in [4.69, 9.17) is 0 Å². The van der Waals surface area contributed by atoms with Crippen LogP contribution in [0.5, 0.6) is 0 Å². The molecule has 0 rings (SSSR count). The fourth-order valence-electron chi connectivity index (χ4n) is 1.43. The van der Waals surface area contributed by atoms with E-state index in [1.54, 1.807) is 20.8 Å². The minimum atomic E-state index is -1.07. The first-order valence-corrected chi connectivity index (χ1v) is 5.78. The lowest BCUT2D eigenvalue weighted by Gasteiger charge is -2.26. The summed E-state index contributed by atoms with van der Waals surface area (Å²) in [6, 6.07) is 0. The van der Waals surface area contributed by atoms with E-state index >= 15 is 0 Å². The zero-order chi connectivity index (χ0) is 14.3. The number of esters is 2. The maximum Gasteiger partial charge on any atom is 0.331 e. The Kier molecular flexibility index (Phi) is 6.36. The molecule has 0 heterocycles. The lowest BCUT2D eigenvalue weighted by atomic mass is 9.98. The summed E-state index contributed by atoms with van der Waals surface area (Å²) >= 11 is 0. The average Bonchev–Trinajstić information content (AvgIpc) is 2.35.